The first-order chi connectivity index (χ1) is 17.2. The van der Waals surface area contributed by atoms with Crippen molar-refractivity contribution in [1.29, 1.82) is 0 Å². The molecule has 0 aromatic carbocycles. The fourth-order valence-electron chi connectivity index (χ4n) is 4.91. The van der Waals surface area contributed by atoms with Crippen molar-refractivity contribution in [2.45, 2.75) is 6.42 Å². The highest BCUT2D eigenvalue weighted by molar-refractivity contribution is 5.38. The van der Waals surface area contributed by atoms with Gasteiger partial charge < -0.3 is 29.4 Å². The minimum absolute atomic E-state index is 1.04. The number of aromatic nitrogens is 2. The van der Waals surface area contributed by atoms with Crippen LogP contribution in [0, 0.1) is 0 Å². The fourth-order valence-corrected chi connectivity index (χ4v) is 4.91. The van der Waals surface area contributed by atoms with E-state index in [9.17, 15) is 0 Å². The summed E-state index contributed by atoms with van der Waals surface area (Å²) in [5.74, 6) is 2.20. The average Bonchev–Trinajstić information content (AvgIpc) is 3.04. The van der Waals surface area contributed by atoms with Crippen LogP contribution in [0.2, 0.25) is 0 Å². The van der Waals surface area contributed by atoms with Gasteiger partial charge in [-0.2, -0.15) is 0 Å². The molecule has 2 aliphatic rings. The van der Waals surface area contributed by atoms with Gasteiger partial charge in [0, 0.05) is 90.9 Å². The Bertz CT molecular complexity index is 766. The van der Waals surface area contributed by atoms with Gasteiger partial charge in [-0.1, -0.05) is 12.1 Å². The maximum atomic E-state index is 4.61. The quantitative estimate of drug-likeness (QED) is 0.619. The molecule has 0 saturated carbocycles. The van der Waals surface area contributed by atoms with Gasteiger partial charge in [-0.05, 0) is 57.9 Å². The van der Waals surface area contributed by atoms with Crippen LogP contribution < -0.4 is 9.80 Å². The van der Waals surface area contributed by atoms with Crippen molar-refractivity contribution in [2.75, 3.05) is 116 Å². The van der Waals surface area contributed by atoms with E-state index in [1.54, 1.807) is 0 Å². The summed E-state index contributed by atoms with van der Waals surface area (Å²) in [4.78, 5) is 24.3. The second kappa shape index (κ2) is 13.7. The van der Waals surface area contributed by atoms with E-state index in [0.717, 1.165) is 103 Å². The molecule has 0 atom stereocenters. The lowest BCUT2D eigenvalue weighted by Gasteiger charge is -2.29. The molecule has 0 spiro atoms. The lowest BCUT2D eigenvalue weighted by molar-refractivity contribution is 0.206. The van der Waals surface area contributed by atoms with Gasteiger partial charge in [0.15, 0.2) is 0 Å². The number of hydrogen-bond acceptors (Lipinski definition) is 8. The van der Waals surface area contributed by atoms with E-state index < -0.39 is 0 Å². The van der Waals surface area contributed by atoms with E-state index in [2.05, 4.69) is 77.7 Å². The maximum Gasteiger partial charge on any atom is 0.128 e. The zero-order valence-electron chi connectivity index (χ0n) is 21.8. The minimum atomic E-state index is 1.04. The molecule has 4 rings (SSSR count). The van der Waals surface area contributed by atoms with E-state index in [1.807, 2.05) is 24.5 Å². The molecule has 2 aliphatic heterocycles. The number of likely N-dealkylation sites (N-methyl/N-ethyl adjacent to an activating group) is 2. The molecular formula is C27H44N8. The van der Waals surface area contributed by atoms with Crippen molar-refractivity contribution in [3.8, 4) is 0 Å². The maximum absolute atomic E-state index is 4.61. The van der Waals surface area contributed by atoms with Gasteiger partial charge in [-0.3, -0.25) is 0 Å². The second-order valence-electron chi connectivity index (χ2n) is 9.99. The molecule has 0 radical (unpaired) electrons. The fraction of sp³-hybridized carbons (Fsp3) is 0.630. The third-order valence-electron chi connectivity index (χ3n) is 7.37. The molecule has 8 nitrogen and oxygen atoms in total. The van der Waals surface area contributed by atoms with Crippen LogP contribution in [0.3, 0.4) is 0 Å². The molecule has 4 heterocycles. The van der Waals surface area contributed by atoms with E-state index in [-0.39, 0.29) is 0 Å². The zero-order chi connectivity index (χ0) is 24.3. The van der Waals surface area contributed by atoms with Gasteiger partial charge in [0.1, 0.15) is 11.6 Å². The molecule has 2 saturated heterocycles. The smallest absolute Gasteiger partial charge is 0.128 e. The third kappa shape index (κ3) is 8.42. The van der Waals surface area contributed by atoms with E-state index in [0.29, 0.717) is 0 Å². The zero-order valence-corrected chi connectivity index (χ0v) is 21.8. The number of rotatable bonds is 6. The molecule has 0 amide bonds. The van der Waals surface area contributed by atoms with Gasteiger partial charge >= 0.3 is 0 Å². The summed E-state index contributed by atoms with van der Waals surface area (Å²) in [5.41, 5.74) is 0. The largest absolute Gasteiger partial charge is 0.354 e. The highest BCUT2D eigenvalue weighted by Crippen LogP contribution is 2.12. The summed E-state index contributed by atoms with van der Waals surface area (Å²) in [6.07, 6.45) is 5.02. The number of nitrogens with zero attached hydrogens (tertiary/aromatic N) is 8. The predicted molar refractivity (Wildman–Crippen MR) is 145 cm³/mol. The summed E-state index contributed by atoms with van der Waals surface area (Å²) in [5, 5.41) is 0. The Hall–Kier alpha value is -2.26. The summed E-state index contributed by atoms with van der Waals surface area (Å²) in [6.45, 7) is 15.4. The topological polar surface area (TPSA) is 45.2 Å². The molecule has 0 bridgehead atoms. The molecule has 2 fully saturated rings. The Morgan fingerprint density at radius 2 is 0.943 bits per heavy atom. The van der Waals surface area contributed by atoms with Crippen molar-refractivity contribution in [1.82, 2.24) is 29.6 Å². The minimum Gasteiger partial charge on any atom is -0.354 e. The summed E-state index contributed by atoms with van der Waals surface area (Å²) < 4.78 is 0. The number of anilines is 2. The summed E-state index contributed by atoms with van der Waals surface area (Å²) in [7, 11) is 4.49. The Balaban J connectivity index is 1.28. The Morgan fingerprint density at radius 3 is 1.37 bits per heavy atom. The van der Waals surface area contributed by atoms with Gasteiger partial charge in [-0.15, -0.1) is 0 Å². The molecule has 0 unspecified atom stereocenters. The van der Waals surface area contributed by atoms with Crippen LogP contribution in [0.1, 0.15) is 6.42 Å². The monoisotopic (exact) mass is 480 g/mol. The van der Waals surface area contributed by atoms with Crippen LogP contribution in [0.5, 0.6) is 0 Å². The van der Waals surface area contributed by atoms with Crippen LogP contribution in [0.25, 0.3) is 0 Å². The molecule has 8 heteroatoms. The number of hydrogen-bond donors (Lipinski definition) is 0. The van der Waals surface area contributed by atoms with Crippen molar-refractivity contribution in [2.24, 2.45) is 0 Å². The van der Waals surface area contributed by atoms with Crippen molar-refractivity contribution in [3.05, 3.63) is 48.8 Å². The van der Waals surface area contributed by atoms with Crippen LogP contribution in [-0.4, -0.2) is 135 Å². The lowest BCUT2D eigenvalue weighted by atomic mass is 10.3. The molecular weight excluding hydrogens is 436 g/mol. The van der Waals surface area contributed by atoms with Gasteiger partial charge in [0.25, 0.3) is 0 Å². The molecule has 2 aromatic rings. The summed E-state index contributed by atoms with van der Waals surface area (Å²) >= 11 is 0. The van der Waals surface area contributed by atoms with Crippen LogP contribution >= 0.6 is 0 Å². The second-order valence-corrected chi connectivity index (χ2v) is 9.99. The van der Waals surface area contributed by atoms with E-state index in [4.69, 9.17) is 0 Å². The highest BCUT2D eigenvalue weighted by atomic mass is 15.3. The van der Waals surface area contributed by atoms with Crippen molar-refractivity contribution >= 4 is 11.6 Å². The Morgan fingerprint density at radius 1 is 0.543 bits per heavy atom. The van der Waals surface area contributed by atoms with Crippen LogP contribution in [-0.2, 0) is 0 Å². The summed E-state index contributed by atoms with van der Waals surface area (Å²) in [6, 6.07) is 12.5. The Kier molecular flexibility index (Phi) is 10.1. The molecule has 0 N–H and O–H groups in total. The lowest BCUT2D eigenvalue weighted by Crippen LogP contribution is -2.40. The first kappa shape index (κ1) is 25.8. The molecule has 35 heavy (non-hydrogen) atoms. The van der Waals surface area contributed by atoms with Gasteiger partial charge in [0.05, 0.1) is 0 Å². The van der Waals surface area contributed by atoms with Crippen LogP contribution in [0.15, 0.2) is 48.8 Å². The van der Waals surface area contributed by atoms with Crippen molar-refractivity contribution < 1.29 is 0 Å². The van der Waals surface area contributed by atoms with Gasteiger partial charge in [0.2, 0.25) is 0 Å². The van der Waals surface area contributed by atoms with Gasteiger partial charge in [-0.25, -0.2) is 9.97 Å². The average molecular weight is 481 g/mol. The number of pyridine rings is 2. The first-order valence-electron chi connectivity index (χ1n) is 13.3. The highest BCUT2D eigenvalue weighted by Gasteiger charge is 2.18. The Labute approximate surface area is 212 Å². The molecule has 192 valence electrons. The molecule has 0 aliphatic carbocycles. The normalized spacial score (nSPS) is 21.0. The SMILES string of the molecule is CN1CCN(CCCN2CCN(C)CCN(c3ccccn3)CC2)CCN(c2ccccn2)CC1. The van der Waals surface area contributed by atoms with Crippen molar-refractivity contribution in [3.63, 3.8) is 0 Å². The molecule has 2 aromatic heterocycles. The van der Waals surface area contributed by atoms with E-state index >= 15 is 0 Å². The third-order valence-corrected chi connectivity index (χ3v) is 7.37. The first-order valence-corrected chi connectivity index (χ1v) is 13.3. The standard InChI is InChI=1S/C27H44N8/c1-30-14-18-32(20-24-34(22-16-30)26-8-3-5-10-28-26)12-7-13-33-19-15-31(2)17-23-35(25-21-33)27-9-4-6-11-29-27/h3-6,8-11H,7,12-25H2,1-2H3. The van der Waals surface area contributed by atoms with Crippen LogP contribution in [0.4, 0.5) is 11.6 Å². The van der Waals surface area contributed by atoms with E-state index in [1.165, 1.54) is 6.42 Å². The predicted octanol–water partition coefficient (Wildman–Crippen LogP) is 1.67.